The van der Waals surface area contributed by atoms with Crippen LogP contribution in [-0.4, -0.2) is 20.7 Å². The molecule has 2 aromatic rings. The summed E-state index contributed by atoms with van der Waals surface area (Å²) in [5.74, 6) is 1.61. The first-order chi connectivity index (χ1) is 8.04. The number of H-pyrrole nitrogens is 1. The Morgan fingerprint density at radius 1 is 1.18 bits per heavy atom. The first-order valence-corrected chi connectivity index (χ1v) is 5.76. The van der Waals surface area contributed by atoms with Gasteiger partial charge in [0, 0.05) is 11.1 Å². The minimum absolute atomic E-state index is 0.0830. The van der Waals surface area contributed by atoms with Crippen LogP contribution in [0.15, 0.2) is 30.3 Å². The van der Waals surface area contributed by atoms with Crippen LogP contribution in [0.3, 0.4) is 0 Å². The zero-order valence-corrected chi connectivity index (χ0v) is 10.5. The van der Waals surface area contributed by atoms with Crippen LogP contribution in [0.5, 0.6) is 0 Å². The lowest BCUT2D eigenvalue weighted by molar-refractivity contribution is 0.418. The number of rotatable bonds is 3. The molecule has 0 spiro atoms. The summed E-state index contributed by atoms with van der Waals surface area (Å²) in [7, 11) is 0. The van der Waals surface area contributed by atoms with Crippen molar-refractivity contribution in [2.75, 3.05) is 0 Å². The van der Waals surface area contributed by atoms with Gasteiger partial charge in [-0.25, -0.2) is 4.98 Å². The maximum Gasteiger partial charge on any atom is 0.181 e. The summed E-state index contributed by atoms with van der Waals surface area (Å²) in [5, 5.41) is 10.5. The third-order valence-electron chi connectivity index (χ3n) is 2.35. The Labute approximate surface area is 101 Å². The van der Waals surface area contributed by atoms with E-state index in [9.17, 15) is 0 Å². The smallest absolute Gasteiger partial charge is 0.181 e. The SMILES string of the molecule is CC(C)(C)NCc1nc(-c2ccccc2)n[nH]1. The van der Waals surface area contributed by atoms with E-state index >= 15 is 0 Å². The van der Waals surface area contributed by atoms with Gasteiger partial charge >= 0.3 is 0 Å². The first-order valence-electron chi connectivity index (χ1n) is 5.76. The van der Waals surface area contributed by atoms with Gasteiger partial charge in [-0.2, -0.15) is 5.10 Å². The van der Waals surface area contributed by atoms with Gasteiger partial charge in [-0.3, -0.25) is 5.10 Å². The lowest BCUT2D eigenvalue weighted by Gasteiger charge is -2.19. The summed E-state index contributed by atoms with van der Waals surface area (Å²) in [4.78, 5) is 4.45. The van der Waals surface area contributed by atoms with Gasteiger partial charge in [0.25, 0.3) is 0 Å². The highest BCUT2D eigenvalue weighted by atomic mass is 15.2. The zero-order chi connectivity index (χ0) is 12.3. The lowest BCUT2D eigenvalue weighted by Crippen LogP contribution is -2.35. The van der Waals surface area contributed by atoms with Crippen molar-refractivity contribution in [3.63, 3.8) is 0 Å². The van der Waals surface area contributed by atoms with E-state index in [1.54, 1.807) is 0 Å². The summed E-state index contributed by atoms with van der Waals surface area (Å²) in [5.41, 5.74) is 1.12. The quantitative estimate of drug-likeness (QED) is 0.851. The molecule has 0 amide bonds. The Balaban J connectivity index is 2.07. The number of nitrogens with zero attached hydrogens (tertiary/aromatic N) is 2. The molecule has 0 aliphatic carbocycles. The van der Waals surface area contributed by atoms with Gasteiger partial charge in [0.2, 0.25) is 0 Å². The van der Waals surface area contributed by atoms with Crippen LogP contribution in [0, 0.1) is 0 Å². The number of aromatic nitrogens is 3. The third-order valence-corrected chi connectivity index (χ3v) is 2.35. The molecule has 0 aliphatic heterocycles. The van der Waals surface area contributed by atoms with Gasteiger partial charge in [0.1, 0.15) is 5.82 Å². The Morgan fingerprint density at radius 2 is 1.88 bits per heavy atom. The highest BCUT2D eigenvalue weighted by Crippen LogP contribution is 2.13. The molecule has 1 heterocycles. The molecule has 2 rings (SSSR count). The van der Waals surface area contributed by atoms with E-state index in [2.05, 4.69) is 41.3 Å². The summed E-state index contributed by atoms with van der Waals surface area (Å²) >= 11 is 0. The molecule has 1 aromatic heterocycles. The average molecular weight is 230 g/mol. The molecule has 0 saturated carbocycles. The molecular weight excluding hydrogens is 212 g/mol. The Kier molecular flexibility index (Phi) is 3.24. The van der Waals surface area contributed by atoms with Crippen molar-refractivity contribution in [3.8, 4) is 11.4 Å². The highest BCUT2D eigenvalue weighted by molar-refractivity contribution is 5.53. The van der Waals surface area contributed by atoms with E-state index in [4.69, 9.17) is 0 Å². The molecule has 0 unspecified atom stereocenters. The van der Waals surface area contributed by atoms with Crippen LogP contribution in [0.25, 0.3) is 11.4 Å². The predicted octanol–water partition coefficient (Wildman–Crippen LogP) is 2.36. The lowest BCUT2D eigenvalue weighted by atomic mass is 10.1. The second-order valence-electron chi connectivity index (χ2n) is 5.08. The van der Waals surface area contributed by atoms with Crippen LogP contribution < -0.4 is 5.32 Å². The van der Waals surface area contributed by atoms with E-state index in [1.807, 2.05) is 30.3 Å². The molecule has 2 N–H and O–H groups in total. The van der Waals surface area contributed by atoms with E-state index < -0.39 is 0 Å². The van der Waals surface area contributed by atoms with Crippen LogP contribution in [-0.2, 0) is 6.54 Å². The minimum atomic E-state index is 0.0830. The van der Waals surface area contributed by atoms with Crippen molar-refractivity contribution in [3.05, 3.63) is 36.2 Å². The van der Waals surface area contributed by atoms with Crippen molar-refractivity contribution < 1.29 is 0 Å². The number of aromatic amines is 1. The number of benzene rings is 1. The van der Waals surface area contributed by atoms with Gasteiger partial charge in [-0.05, 0) is 20.8 Å². The van der Waals surface area contributed by atoms with Crippen molar-refractivity contribution in [2.24, 2.45) is 0 Å². The molecule has 0 saturated heterocycles. The molecule has 0 bridgehead atoms. The molecule has 0 radical (unpaired) electrons. The van der Waals surface area contributed by atoms with E-state index in [-0.39, 0.29) is 5.54 Å². The molecule has 1 aromatic carbocycles. The number of hydrogen-bond acceptors (Lipinski definition) is 3. The fourth-order valence-electron chi connectivity index (χ4n) is 1.44. The third kappa shape index (κ3) is 3.39. The van der Waals surface area contributed by atoms with Gasteiger partial charge < -0.3 is 5.32 Å². The Morgan fingerprint density at radius 3 is 2.53 bits per heavy atom. The monoisotopic (exact) mass is 230 g/mol. The molecule has 90 valence electrons. The second-order valence-corrected chi connectivity index (χ2v) is 5.08. The Hall–Kier alpha value is -1.68. The van der Waals surface area contributed by atoms with Gasteiger partial charge in [0.05, 0.1) is 6.54 Å². The highest BCUT2D eigenvalue weighted by Gasteiger charge is 2.10. The summed E-state index contributed by atoms with van der Waals surface area (Å²) in [6.07, 6.45) is 0. The fraction of sp³-hybridized carbons (Fsp3) is 0.385. The van der Waals surface area contributed by atoms with E-state index in [0.717, 1.165) is 17.2 Å². The molecule has 17 heavy (non-hydrogen) atoms. The zero-order valence-electron chi connectivity index (χ0n) is 10.5. The van der Waals surface area contributed by atoms with Gasteiger partial charge in [-0.1, -0.05) is 30.3 Å². The van der Waals surface area contributed by atoms with Crippen molar-refractivity contribution in [1.82, 2.24) is 20.5 Å². The largest absolute Gasteiger partial charge is 0.305 e. The summed E-state index contributed by atoms with van der Waals surface area (Å²) in [6.45, 7) is 7.08. The fourth-order valence-corrected chi connectivity index (χ4v) is 1.44. The van der Waals surface area contributed by atoms with Gasteiger partial charge in [0.15, 0.2) is 5.82 Å². The summed E-state index contributed by atoms with van der Waals surface area (Å²) < 4.78 is 0. The second kappa shape index (κ2) is 4.67. The molecule has 4 heteroatoms. The van der Waals surface area contributed by atoms with Crippen molar-refractivity contribution in [1.29, 1.82) is 0 Å². The number of hydrogen-bond donors (Lipinski definition) is 2. The maximum atomic E-state index is 4.45. The van der Waals surface area contributed by atoms with Crippen molar-refractivity contribution in [2.45, 2.75) is 32.9 Å². The normalized spacial score (nSPS) is 11.7. The van der Waals surface area contributed by atoms with Crippen LogP contribution in [0.1, 0.15) is 26.6 Å². The standard InChI is InChI=1S/C13H18N4/c1-13(2,3)14-9-11-15-12(17-16-11)10-7-5-4-6-8-10/h4-8,14H,9H2,1-3H3,(H,15,16,17). The first kappa shape index (κ1) is 11.8. The van der Waals surface area contributed by atoms with Crippen LogP contribution >= 0.6 is 0 Å². The minimum Gasteiger partial charge on any atom is -0.305 e. The summed E-state index contributed by atoms with van der Waals surface area (Å²) in [6, 6.07) is 9.96. The molecular formula is C13H18N4. The topological polar surface area (TPSA) is 53.6 Å². The maximum absolute atomic E-state index is 4.45. The molecule has 4 nitrogen and oxygen atoms in total. The predicted molar refractivity (Wildman–Crippen MR) is 68.4 cm³/mol. The van der Waals surface area contributed by atoms with Crippen LogP contribution in [0.2, 0.25) is 0 Å². The van der Waals surface area contributed by atoms with E-state index in [0.29, 0.717) is 6.54 Å². The molecule has 0 fully saturated rings. The van der Waals surface area contributed by atoms with Gasteiger partial charge in [-0.15, -0.1) is 0 Å². The van der Waals surface area contributed by atoms with Crippen molar-refractivity contribution >= 4 is 0 Å². The average Bonchev–Trinajstić information content (AvgIpc) is 2.75. The van der Waals surface area contributed by atoms with Crippen LogP contribution in [0.4, 0.5) is 0 Å². The number of nitrogens with one attached hydrogen (secondary N) is 2. The van der Waals surface area contributed by atoms with E-state index in [1.165, 1.54) is 0 Å². The Bertz CT molecular complexity index is 468. The molecule has 0 aliphatic rings. The molecule has 0 atom stereocenters.